The van der Waals surface area contributed by atoms with Crippen LogP contribution in [-0.4, -0.2) is 27.8 Å². The summed E-state index contributed by atoms with van der Waals surface area (Å²) in [5.74, 6) is -2.34. The summed E-state index contributed by atoms with van der Waals surface area (Å²) < 4.78 is 31.9. The van der Waals surface area contributed by atoms with E-state index in [9.17, 15) is 18.4 Å². The molecule has 1 amide bonds. The molecule has 0 aliphatic carbocycles. The monoisotopic (exact) mass is 645 g/mol. The van der Waals surface area contributed by atoms with E-state index in [0.717, 1.165) is 76.1 Å². The highest BCUT2D eigenvalue weighted by atomic mass is 35.5. The first-order valence-corrected chi connectivity index (χ1v) is 16.3. The van der Waals surface area contributed by atoms with Crippen LogP contribution in [-0.2, 0) is 17.8 Å². The maximum Gasteiger partial charge on any atom is 0.248 e. The summed E-state index contributed by atoms with van der Waals surface area (Å²) in [5, 5.41) is 2.88. The number of amides is 1. The Bertz CT molecular complexity index is 1830. The number of aryl methyl sites for hydroxylation is 3. The van der Waals surface area contributed by atoms with Gasteiger partial charge in [-0.25, -0.2) is 8.78 Å². The molecule has 0 unspecified atom stereocenters. The highest BCUT2D eigenvalue weighted by molar-refractivity contribution is 6.19. The molecule has 0 atom stereocenters. The molecule has 5 nitrogen and oxygen atoms in total. The zero-order chi connectivity index (χ0) is 33.7. The SMILES string of the molecule is CC(C)=Nc1c(C)cc(C)c2c1CCCn1cc(C(=O)c3cc(F)c(NC(=O)/C=C/CCl)c(F)c3)c3cccc-2c31.CCC(C)C. The second-order valence-electron chi connectivity index (χ2n) is 12.3. The van der Waals surface area contributed by atoms with E-state index in [2.05, 4.69) is 56.6 Å². The Morgan fingerprint density at radius 2 is 1.76 bits per heavy atom. The third-order valence-corrected chi connectivity index (χ3v) is 8.27. The van der Waals surface area contributed by atoms with E-state index in [4.69, 9.17) is 16.6 Å². The normalized spacial score (nSPS) is 12.3. The van der Waals surface area contributed by atoms with Gasteiger partial charge in [0.1, 0.15) is 17.3 Å². The van der Waals surface area contributed by atoms with Crippen molar-refractivity contribution in [3.8, 4) is 11.1 Å². The van der Waals surface area contributed by atoms with Gasteiger partial charge in [-0.3, -0.25) is 14.6 Å². The van der Waals surface area contributed by atoms with Gasteiger partial charge in [0.25, 0.3) is 0 Å². The van der Waals surface area contributed by atoms with Crippen molar-refractivity contribution < 1.29 is 18.4 Å². The van der Waals surface area contributed by atoms with Crippen LogP contribution in [0.15, 0.2) is 59.7 Å². The van der Waals surface area contributed by atoms with Crippen molar-refractivity contribution in [2.45, 2.75) is 74.3 Å². The summed E-state index contributed by atoms with van der Waals surface area (Å²) in [6.07, 6.45) is 7.19. The number of nitrogens with one attached hydrogen (secondary N) is 1. The predicted octanol–water partition coefficient (Wildman–Crippen LogP) is 10.3. The van der Waals surface area contributed by atoms with Gasteiger partial charge in [-0.15, -0.1) is 11.6 Å². The molecule has 1 aliphatic rings. The first-order valence-electron chi connectivity index (χ1n) is 15.7. The second-order valence-corrected chi connectivity index (χ2v) is 12.6. The van der Waals surface area contributed by atoms with Crippen LogP contribution in [0.3, 0.4) is 0 Å². The number of halogens is 3. The average molecular weight is 646 g/mol. The molecular formula is C38H42ClF2N3O2. The maximum absolute atomic E-state index is 14.9. The fourth-order valence-electron chi connectivity index (χ4n) is 5.70. The number of hydrogen-bond donors (Lipinski definition) is 1. The molecule has 8 heteroatoms. The first-order chi connectivity index (χ1) is 21.9. The van der Waals surface area contributed by atoms with Crippen molar-refractivity contribution in [3.05, 3.63) is 94.2 Å². The smallest absolute Gasteiger partial charge is 0.248 e. The molecule has 0 spiro atoms. The molecule has 0 fully saturated rings. The average Bonchev–Trinajstić information content (AvgIpc) is 3.37. The molecule has 0 saturated carbocycles. The fraction of sp³-hybridized carbons (Fsp3) is 0.342. The number of ketones is 1. The number of carbonyl (C=O) groups is 2. The molecule has 0 bridgehead atoms. The number of para-hydroxylation sites is 1. The Balaban J connectivity index is 0.000000892. The third-order valence-electron chi connectivity index (χ3n) is 8.09. The van der Waals surface area contributed by atoms with Crippen molar-refractivity contribution in [2.24, 2.45) is 10.9 Å². The van der Waals surface area contributed by atoms with Crippen LogP contribution in [0.5, 0.6) is 0 Å². The van der Waals surface area contributed by atoms with Gasteiger partial charge < -0.3 is 9.88 Å². The van der Waals surface area contributed by atoms with Crippen molar-refractivity contribution >= 4 is 51.3 Å². The summed E-state index contributed by atoms with van der Waals surface area (Å²) in [4.78, 5) is 30.5. The highest BCUT2D eigenvalue weighted by Gasteiger charge is 2.26. The molecule has 46 heavy (non-hydrogen) atoms. The van der Waals surface area contributed by atoms with E-state index in [1.807, 2.05) is 26.0 Å². The van der Waals surface area contributed by atoms with E-state index < -0.39 is 29.0 Å². The van der Waals surface area contributed by atoms with E-state index in [-0.39, 0.29) is 11.4 Å². The highest BCUT2D eigenvalue weighted by Crippen LogP contribution is 2.43. The van der Waals surface area contributed by atoms with Crippen LogP contribution in [0.25, 0.3) is 22.0 Å². The van der Waals surface area contributed by atoms with E-state index >= 15 is 0 Å². The molecule has 0 saturated heterocycles. The molecule has 5 rings (SSSR count). The maximum atomic E-state index is 14.9. The molecule has 4 aromatic rings. The number of hydrogen-bond acceptors (Lipinski definition) is 3. The quantitative estimate of drug-likeness (QED) is 0.0941. The number of aromatic nitrogens is 1. The van der Waals surface area contributed by atoms with E-state index in [0.29, 0.717) is 17.5 Å². The van der Waals surface area contributed by atoms with Crippen molar-refractivity contribution in [2.75, 3.05) is 11.2 Å². The van der Waals surface area contributed by atoms with Crippen molar-refractivity contribution in [3.63, 3.8) is 0 Å². The number of anilines is 1. The number of alkyl halides is 1. The van der Waals surface area contributed by atoms with Gasteiger partial charge in [0.15, 0.2) is 5.78 Å². The molecule has 3 aromatic carbocycles. The number of carbonyl (C=O) groups excluding carboxylic acids is 2. The fourth-order valence-corrected chi connectivity index (χ4v) is 5.79. The lowest BCUT2D eigenvalue weighted by Gasteiger charge is -2.22. The van der Waals surface area contributed by atoms with Crippen molar-refractivity contribution in [1.29, 1.82) is 0 Å². The Kier molecular flexibility index (Phi) is 11.3. The summed E-state index contributed by atoms with van der Waals surface area (Å²) in [7, 11) is 0. The minimum absolute atomic E-state index is 0.0828. The van der Waals surface area contributed by atoms with E-state index in [1.165, 1.54) is 18.1 Å². The number of aliphatic imine (C=N–C) groups is 1. The van der Waals surface area contributed by atoms with Gasteiger partial charge in [-0.1, -0.05) is 57.5 Å². The number of nitrogens with zero attached hydrogens (tertiary/aromatic N) is 2. The second kappa shape index (κ2) is 15.0. The summed E-state index contributed by atoms with van der Waals surface area (Å²) >= 11 is 5.51. The lowest BCUT2D eigenvalue weighted by molar-refractivity contribution is -0.112. The van der Waals surface area contributed by atoms with Crippen LogP contribution >= 0.6 is 11.6 Å². The molecule has 1 aliphatic heterocycles. The molecular weight excluding hydrogens is 604 g/mol. The Morgan fingerprint density at radius 3 is 2.37 bits per heavy atom. The number of rotatable bonds is 7. The standard InChI is InChI=1S/C33H30ClF2N3O2.C5H12/c1-18(2)37-30-20(4)14-19(3)29-23(30)10-7-13-39-17-25(22-8-5-9-24(29)32(22)39)33(41)21-15-26(35)31(27(36)16-21)38-28(40)11-6-12-34;1-4-5(2)3/h5-6,8-9,11,14-17H,7,10,12-13H2,1-4H3,(H,38,40);5H,4H2,1-3H3/b11-6+;. The minimum Gasteiger partial charge on any atom is -0.346 e. The van der Waals surface area contributed by atoms with Crippen LogP contribution in [0, 0.1) is 31.4 Å². The van der Waals surface area contributed by atoms with Crippen LogP contribution in [0.1, 0.15) is 80.1 Å². The van der Waals surface area contributed by atoms with Gasteiger partial charge in [0.2, 0.25) is 5.91 Å². The third kappa shape index (κ3) is 7.47. The van der Waals surface area contributed by atoms with Gasteiger partial charge in [-0.05, 0) is 80.8 Å². The molecule has 2 heterocycles. The van der Waals surface area contributed by atoms with Gasteiger partial charge in [0, 0.05) is 52.5 Å². The Morgan fingerprint density at radius 1 is 1.09 bits per heavy atom. The topological polar surface area (TPSA) is 63.5 Å². The largest absolute Gasteiger partial charge is 0.346 e. The van der Waals surface area contributed by atoms with Crippen molar-refractivity contribution in [1.82, 2.24) is 4.57 Å². The minimum atomic E-state index is -1.04. The van der Waals surface area contributed by atoms with Gasteiger partial charge in [-0.2, -0.15) is 0 Å². The van der Waals surface area contributed by atoms with Gasteiger partial charge >= 0.3 is 0 Å². The van der Waals surface area contributed by atoms with E-state index in [1.54, 1.807) is 6.20 Å². The number of allylic oxidation sites excluding steroid dienone is 1. The first kappa shape index (κ1) is 34.8. The molecule has 1 N–H and O–H groups in total. The van der Waals surface area contributed by atoms with Crippen LogP contribution < -0.4 is 5.32 Å². The Hall–Kier alpha value is -4.10. The molecule has 242 valence electrons. The number of benzene rings is 3. The lowest BCUT2D eigenvalue weighted by Crippen LogP contribution is -2.12. The summed E-state index contributed by atoms with van der Waals surface area (Å²) in [6.45, 7) is 15.5. The zero-order valence-corrected chi connectivity index (χ0v) is 28.4. The Labute approximate surface area is 275 Å². The van der Waals surface area contributed by atoms with Gasteiger partial charge in [0.05, 0.1) is 11.2 Å². The predicted molar refractivity (Wildman–Crippen MR) is 187 cm³/mol. The van der Waals surface area contributed by atoms with Crippen LogP contribution in [0.2, 0.25) is 0 Å². The molecule has 0 radical (unpaired) electrons. The number of fused-ring (bicyclic) bond motifs is 2. The summed E-state index contributed by atoms with van der Waals surface area (Å²) in [5.41, 5.74) is 8.03. The van der Waals surface area contributed by atoms with Crippen LogP contribution in [0.4, 0.5) is 20.2 Å². The zero-order valence-electron chi connectivity index (χ0n) is 27.7. The summed E-state index contributed by atoms with van der Waals surface area (Å²) in [6, 6.07) is 9.89. The lowest BCUT2D eigenvalue weighted by atomic mass is 9.87. The molecule has 1 aromatic heterocycles.